The smallest absolute Gasteiger partial charge is 0.333 e. The van der Waals surface area contributed by atoms with Gasteiger partial charge in [0.05, 0.1) is 16.6 Å². The van der Waals surface area contributed by atoms with Crippen LogP contribution in [0.5, 0.6) is 5.88 Å². The molecule has 1 N–H and O–H groups in total. The second kappa shape index (κ2) is 7.65. The van der Waals surface area contributed by atoms with E-state index in [9.17, 15) is 14.4 Å². The molecule has 0 radical (unpaired) electrons. The quantitative estimate of drug-likeness (QED) is 0.665. The van der Waals surface area contributed by atoms with Crippen LogP contribution < -0.4 is 16.0 Å². The van der Waals surface area contributed by atoms with E-state index in [1.54, 1.807) is 7.05 Å². The molecule has 0 bridgehead atoms. The summed E-state index contributed by atoms with van der Waals surface area (Å²) in [5.74, 6) is 1.29. The number of ether oxygens (including phenoxy) is 1. The summed E-state index contributed by atoms with van der Waals surface area (Å²) in [6.07, 6.45) is 3.60. The van der Waals surface area contributed by atoms with E-state index in [1.165, 1.54) is 11.6 Å². The van der Waals surface area contributed by atoms with E-state index in [-0.39, 0.29) is 17.2 Å². The Morgan fingerprint density at radius 2 is 1.97 bits per heavy atom. The lowest BCUT2D eigenvalue weighted by molar-refractivity contribution is -0.131. The second-order valence-electron chi connectivity index (χ2n) is 8.89. The number of likely N-dealkylation sites (tertiary alicyclic amines) is 1. The zero-order valence-electron chi connectivity index (χ0n) is 18.4. The van der Waals surface area contributed by atoms with Crippen LogP contribution >= 0.6 is 0 Å². The number of fused-ring (bicyclic) bond motifs is 2. The van der Waals surface area contributed by atoms with Crippen molar-refractivity contribution in [3.05, 3.63) is 56.5 Å². The minimum absolute atomic E-state index is 0.0985. The molecule has 1 spiro atoms. The molecule has 2 aliphatic rings. The van der Waals surface area contributed by atoms with Gasteiger partial charge in [-0.25, -0.2) is 9.78 Å². The first kappa shape index (κ1) is 20.5. The van der Waals surface area contributed by atoms with Crippen LogP contribution in [0.15, 0.2) is 33.9 Å². The highest BCUT2D eigenvalue weighted by Gasteiger charge is 2.44. The Kier molecular flexibility index (Phi) is 4.91. The number of para-hydroxylation sites is 2. The first-order valence-electron chi connectivity index (χ1n) is 11.1. The monoisotopic (exact) mass is 437 g/mol. The number of rotatable bonds is 3. The van der Waals surface area contributed by atoms with Crippen molar-refractivity contribution in [1.29, 1.82) is 0 Å². The van der Waals surface area contributed by atoms with Crippen molar-refractivity contribution >= 4 is 16.9 Å². The SMILES string of the molecule is Cn1c2c(c(=O)n(C)c1=O)CC1(CCCN(C(=O)CCc3nc4ccccc4[nH]3)CC1)O2. The topological polar surface area (TPSA) is 102 Å². The fourth-order valence-electron chi connectivity index (χ4n) is 4.94. The highest BCUT2D eigenvalue weighted by atomic mass is 16.5. The lowest BCUT2D eigenvalue weighted by Crippen LogP contribution is -2.38. The molecule has 9 heteroatoms. The van der Waals surface area contributed by atoms with Crippen LogP contribution in [-0.2, 0) is 31.7 Å². The number of aromatic nitrogens is 4. The predicted octanol–water partition coefficient (Wildman–Crippen LogP) is 1.28. The van der Waals surface area contributed by atoms with E-state index in [0.717, 1.165) is 34.3 Å². The fourth-order valence-corrected chi connectivity index (χ4v) is 4.94. The average molecular weight is 438 g/mol. The van der Waals surface area contributed by atoms with Gasteiger partial charge >= 0.3 is 5.69 Å². The van der Waals surface area contributed by atoms with Gasteiger partial charge in [-0.3, -0.25) is 18.7 Å². The van der Waals surface area contributed by atoms with E-state index in [1.807, 2.05) is 29.2 Å². The van der Waals surface area contributed by atoms with E-state index >= 15 is 0 Å². The summed E-state index contributed by atoms with van der Waals surface area (Å²) in [6.45, 7) is 1.23. The molecular formula is C23H27N5O4. The van der Waals surface area contributed by atoms with Gasteiger partial charge in [-0.2, -0.15) is 0 Å². The van der Waals surface area contributed by atoms with Crippen LogP contribution in [0.3, 0.4) is 0 Å². The molecule has 9 nitrogen and oxygen atoms in total. The van der Waals surface area contributed by atoms with Crippen molar-refractivity contribution in [3.8, 4) is 5.88 Å². The molecule has 32 heavy (non-hydrogen) atoms. The number of carbonyl (C=O) groups excluding carboxylic acids is 1. The molecule has 3 aromatic rings. The molecule has 1 saturated heterocycles. The molecular weight excluding hydrogens is 410 g/mol. The van der Waals surface area contributed by atoms with Crippen molar-refractivity contribution in [2.75, 3.05) is 13.1 Å². The molecule has 1 unspecified atom stereocenters. The maximum absolute atomic E-state index is 12.9. The summed E-state index contributed by atoms with van der Waals surface area (Å²) in [7, 11) is 3.12. The van der Waals surface area contributed by atoms with Gasteiger partial charge in [-0.15, -0.1) is 0 Å². The van der Waals surface area contributed by atoms with Crippen molar-refractivity contribution in [2.45, 2.75) is 44.1 Å². The van der Waals surface area contributed by atoms with Gasteiger partial charge in [-0.1, -0.05) is 12.1 Å². The summed E-state index contributed by atoms with van der Waals surface area (Å²) < 4.78 is 8.79. The standard InChI is InChI=1S/C23H27N5O4/c1-26-20(30)15-14-23(32-21(15)27(2)22(26)31)10-5-12-28(13-11-23)19(29)9-8-18-24-16-6-3-4-7-17(16)25-18/h3-4,6-7H,5,8-14H2,1-2H3,(H,24,25). The Balaban J connectivity index is 1.25. The van der Waals surface area contributed by atoms with Crippen molar-refractivity contribution in [2.24, 2.45) is 14.1 Å². The summed E-state index contributed by atoms with van der Waals surface area (Å²) >= 11 is 0. The lowest BCUT2D eigenvalue weighted by atomic mass is 9.90. The second-order valence-corrected chi connectivity index (χ2v) is 8.89. The zero-order valence-corrected chi connectivity index (χ0v) is 18.4. The van der Waals surface area contributed by atoms with Gasteiger partial charge in [-0.05, 0) is 25.0 Å². The molecule has 5 rings (SSSR count). The van der Waals surface area contributed by atoms with E-state index in [4.69, 9.17) is 4.74 Å². The summed E-state index contributed by atoms with van der Waals surface area (Å²) in [4.78, 5) is 47.5. The Bertz CT molecular complexity index is 1290. The number of benzene rings is 1. The number of H-pyrrole nitrogens is 1. The molecule has 1 amide bonds. The number of imidazole rings is 1. The number of aromatic amines is 1. The van der Waals surface area contributed by atoms with Gasteiger partial charge in [0.25, 0.3) is 5.56 Å². The minimum atomic E-state index is -0.534. The van der Waals surface area contributed by atoms with Crippen LogP contribution in [0.25, 0.3) is 11.0 Å². The minimum Gasteiger partial charge on any atom is -0.471 e. The Morgan fingerprint density at radius 1 is 1.16 bits per heavy atom. The number of nitrogens with zero attached hydrogens (tertiary/aromatic N) is 4. The third-order valence-electron chi connectivity index (χ3n) is 6.78. The Hall–Kier alpha value is -3.36. The van der Waals surface area contributed by atoms with Gasteiger partial charge in [0.15, 0.2) is 0 Å². The average Bonchev–Trinajstić information content (AvgIpc) is 3.32. The van der Waals surface area contributed by atoms with Gasteiger partial charge in [0.2, 0.25) is 11.8 Å². The molecule has 1 aromatic carbocycles. The van der Waals surface area contributed by atoms with Crippen LogP contribution in [0, 0.1) is 0 Å². The van der Waals surface area contributed by atoms with Crippen LogP contribution in [0.1, 0.15) is 37.1 Å². The van der Waals surface area contributed by atoms with Crippen LogP contribution in [0.4, 0.5) is 0 Å². The van der Waals surface area contributed by atoms with E-state index < -0.39 is 5.60 Å². The van der Waals surface area contributed by atoms with Crippen molar-refractivity contribution in [3.63, 3.8) is 0 Å². The molecule has 168 valence electrons. The number of hydrogen-bond acceptors (Lipinski definition) is 5. The number of nitrogens with one attached hydrogen (secondary N) is 1. The summed E-state index contributed by atoms with van der Waals surface area (Å²) in [5.41, 5.74) is 1.23. The largest absolute Gasteiger partial charge is 0.471 e. The maximum atomic E-state index is 12.9. The van der Waals surface area contributed by atoms with E-state index in [0.29, 0.717) is 50.2 Å². The zero-order chi connectivity index (χ0) is 22.5. The summed E-state index contributed by atoms with van der Waals surface area (Å²) in [5, 5.41) is 0. The highest BCUT2D eigenvalue weighted by molar-refractivity contribution is 5.77. The van der Waals surface area contributed by atoms with Gasteiger partial charge in [0.1, 0.15) is 11.4 Å². The first-order valence-corrected chi connectivity index (χ1v) is 11.1. The maximum Gasteiger partial charge on any atom is 0.333 e. The number of hydrogen-bond donors (Lipinski definition) is 1. The molecule has 1 atom stereocenters. The summed E-state index contributed by atoms with van der Waals surface area (Å²) in [6, 6.07) is 7.83. The van der Waals surface area contributed by atoms with Crippen molar-refractivity contribution < 1.29 is 9.53 Å². The third kappa shape index (κ3) is 3.41. The number of amides is 1. The van der Waals surface area contributed by atoms with E-state index in [2.05, 4.69) is 9.97 Å². The fraction of sp³-hybridized carbons (Fsp3) is 0.478. The molecule has 2 aliphatic heterocycles. The Morgan fingerprint density at radius 3 is 2.78 bits per heavy atom. The normalized spacial score (nSPS) is 20.4. The third-order valence-corrected chi connectivity index (χ3v) is 6.78. The molecule has 0 aliphatic carbocycles. The van der Waals surface area contributed by atoms with Crippen LogP contribution in [0.2, 0.25) is 0 Å². The van der Waals surface area contributed by atoms with Crippen LogP contribution in [-0.4, -0.2) is 48.6 Å². The number of aryl methyl sites for hydroxylation is 1. The first-order chi connectivity index (χ1) is 15.4. The molecule has 1 fully saturated rings. The number of carbonyl (C=O) groups is 1. The Labute approximate surface area is 184 Å². The highest BCUT2D eigenvalue weighted by Crippen LogP contribution is 2.38. The van der Waals surface area contributed by atoms with Gasteiger partial charge < -0.3 is 14.6 Å². The van der Waals surface area contributed by atoms with Crippen molar-refractivity contribution in [1.82, 2.24) is 24.0 Å². The molecule has 2 aromatic heterocycles. The molecule has 0 saturated carbocycles. The lowest BCUT2D eigenvalue weighted by Gasteiger charge is -2.27. The molecule has 4 heterocycles. The predicted molar refractivity (Wildman–Crippen MR) is 119 cm³/mol. The van der Waals surface area contributed by atoms with Gasteiger partial charge in [0, 0.05) is 52.9 Å².